The number of aromatic nitrogens is 2. The van der Waals surface area contributed by atoms with Crippen LogP contribution in [0.15, 0.2) is 24.3 Å². The predicted octanol–water partition coefficient (Wildman–Crippen LogP) is 1.48. The minimum Gasteiger partial charge on any atom is -0.330 e. The number of carbonyl (C=O) groups is 1. The zero-order valence-corrected chi connectivity index (χ0v) is 11.8. The SMILES string of the molecule is O=C(c1n[nH]c2ccccc12)N1[C@@H]2C[C@@H]3CN(CC[C@@H]31)C2. The highest BCUT2D eigenvalue weighted by Gasteiger charge is 2.50. The molecule has 0 radical (unpaired) electrons. The summed E-state index contributed by atoms with van der Waals surface area (Å²) in [6.45, 7) is 3.36. The standard InChI is InChI=1S/C16H18N4O/c21-16(15-12-3-1-2-4-13(12)17-18-15)20-11-7-10-8-19(9-11)6-5-14(10)20/h1-4,10-11,14H,5-9H2,(H,17,18)/t10-,11-,14+/m1/s1. The van der Waals surface area contributed by atoms with E-state index < -0.39 is 0 Å². The van der Waals surface area contributed by atoms with Gasteiger partial charge in [-0.25, -0.2) is 0 Å². The maximum Gasteiger partial charge on any atom is 0.275 e. The monoisotopic (exact) mass is 282 g/mol. The lowest BCUT2D eigenvalue weighted by molar-refractivity contribution is 0.0668. The van der Waals surface area contributed by atoms with Crippen molar-refractivity contribution in [2.75, 3.05) is 19.6 Å². The van der Waals surface area contributed by atoms with E-state index in [-0.39, 0.29) is 5.91 Å². The van der Waals surface area contributed by atoms with Crippen LogP contribution in [0.1, 0.15) is 23.3 Å². The number of aromatic amines is 1. The van der Waals surface area contributed by atoms with Gasteiger partial charge in [-0.2, -0.15) is 5.10 Å². The molecule has 1 amide bonds. The number of para-hydroxylation sites is 1. The molecule has 3 bridgehead atoms. The third kappa shape index (κ3) is 1.55. The van der Waals surface area contributed by atoms with E-state index in [1.807, 2.05) is 24.3 Å². The fraction of sp³-hybridized carbons (Fsp3) is 0.500. The number of amides is 1. The second-order valence-corrected chi connectivity index (χ2v) is 6.60. The largest absolute Gasteiger partial charge is 0.330 e. The molecule has 21 heavy (non-hydrogen) atoms. The van der Waals surface area contributed by atoms with Gasteiger partial charge in [0.25, 0.3) is 5.91 Å². The lowest BCUT2D eigenvalue weighted by atomic mass is 9.89. The molecule has 3 fully saturated rings. The van der Waals surface area contributed by atoms with Gasteiger partial charge >= 0.3 is 0 Å². The zero-order valence-electron chi connectivity index (χ0n) is 11.8. The van der Waals surface area contributed by atoms with Gasteiger partial charge in [0.15, 0.2) is 5.69 Å². The second kappa shape index (κ2) is 4.07. The first-order valence-corrected chi connectivity index (χ1v) is 7.79. The van der Waals surface area contributed by atoms with Gasteiger partial charge in [0, 0.05) is 37.1 Å². The third-order valence-electron chi connectivity index (χ3n) is 5.48. The van der Waals surface area contributed by atoms with Crippen molar-refractivity contribution in [3.63, 3.8) is 0 Å². The van der Waals surface area contributed by atoms with Crippen molar-refractivity contribution in [1.82, 2.24) is 20.0 Å². The number of piperidine rings is 2. The highest BCUT2D eigenvalue weighted by Crippen LogP contribution is 2.41. The van der Waals surface area contributed by atoms with Crippen LogP contribution in [0.25, 0.3) is 10.9 Å². The normalized spacial score (nSPS) is 33.8. The molecular formula is C16H18N4O. The number of nitrogens with zero attached hydrogens (tertiary/aromatic N) is 3. The summed E-state index contributed by atoms with van der Waals surface area (Å²) in [6, 6.07) is 8.70. The van der Waals surface area contributed by atoms with Crippen molar-refractivity contribution >= 4 is 16.8 Å². The summed E-state index contributed by atoms with van der Waals surface area (Å²) in [7, 11) is 0. The molecule has 2 aromatic rings. The Morgan fingerprint density at radius 3 is 3.14 bits per heavy atom. The lowest BCUT2D eigenvalue weighted by Gasteiger charge is -2.35. The highest BCUT2D eigenvalue weighted by atomic mass is 16.2. The number of hydrogen-bond donors (Lipinski definition) is 1. The van der Waals surface area contributed by atoms with Crippen molar-refractivity contribution in [3.8, 4) is 0 Å². The first-order chi connectivity index (χ1) is 10.3. The summed E-state index contributed by atoms with van der Waals surface area (Å²) in [6.07, 6.45) is 2.30. The molecule has 3 aliphatic rings. The molecule has 4 heterocycles. The van der Waals surface area contributed by atoms with Gasteiger partial charge in [0.2, 0.25) is 0 Å². The molecule has 108 valence electrons. The third-order valence-corrected chi connectivity index (χ3v) is 5.48. The Bertz CT molecular complexity index is 724. The van der Waals surface area contributed by atoms with Gasteiger partial charge in [-0.05, 0) is 24.8 Å². The Labute approximate surface area is 122 Å². The first-order valence-electron chi connectivity index (χ1n) is 7.79. The summed E-state index contributed by atoms with van der Waals surface area (Å²) in [4.78, 5) is 17.7. The molecule has 0 saturated carbocycles. The topological polar surface area (TPSA) is 52.2 Å². The van der Waals surface area contributed by atoms with Crippen LogP contribution in [0.3, 0.4) is 0 Å². The molecule has 1 unspecified atom stereocenters. The second-order valence-electron chi connectivity index (χ2n) is 6.60. The van der Waals surface area contributed by atoms with E-state index in [9.17, 15) is 4.79 Å². The van der Waals surface area contributed by atoms with Crippen LogP contribution in [0, 0.1) is 5.92 Å². The molecule has 1 N–H and O–H groups in total. The van der Waals surface area contributed by atoms with E-state index in [0.717, 1.165) is 30.4 Å². The van der Waals surface area contributed by atoms with Crippen LogP contribution in [0.4, 0.5) is 0 Å². The van der Waals surface area contributed by atoms with Crippen LogP contribution in [0.2, 0.25) is 0 Å². The molecule has 3 saturated heterocycles. The zero-order chi connectivity index (χ0) is 14.0. The maximum absolute atomic E-state index is 13.1. The number of hydrogen-bond acceptors (Lipinski definition) is 3. The fourth-order valence-corrected chi connectivity index (χ4v) is 4.62. The van der Waals surface area contributed by atoms with Crippen LogP contribution in [0.5, 0.6) is 0 Å². The van der Waals surface area contributed by atoms with Crippen molar-refractivity contribution in [1.29, 1.82) is 0 Å². The Kier molecular flexibility index (Phi) is 2.28. The number of nitrogens with one attached hydrogen (secondary N) is 1. The van der Waals surface area contributed by atoms with E-state index in [0.29, 0.717) is 23.7 Å². The molecule has 1 aromatic heterocycles. The number of H-pyrrole nitrogens is 1. The van der Waals surface area contributed by atoms with E-state index >= 15 is 0 Å². The molecule has 0 spiro atoms. The Morgan fingerprint density at radius 2 is 2.19 bits per heavy atom. The summed E-state index contributed by atoms with van der Waals surface area (Å²) in [5.41, 5.74) is 1.53. The van der Waals surface area contributed by atoms with Crippen LogP contribution in [-0.4, -0.2) is 57.6 Å². The minimum absolute atomic E-state index is 0.119. The smallest absolute Gasteiger partial charge is 0.275 e. The van der Waals surface area contributed by atoms with E-state index in [2.05, 4.69) is 20.0 Å². The molecule has 0 aliphatic carbocycles. The molecule has 3 aliphatic heterocycles. The van der Waals surface area contributed by atoms with E-state index in [1.54, 1.807) is 0 Å². The van der Waals surface area contributed by atoms with Gasteiger partial charge < -0.3 is 9.80 Å². The molecule has 5 rings (SSSR count). The summed E-state index contributed by atoms with van der Waals surface area (Å²) >= 11 is 0. The van der Waals surface area contributed by atoms with Crippen molar-refractivity contribution in [3.05, 3.63) is 30.0 Å². The molecule has 1 aromatic carbocycles. The molecular weight excluding hydrogens is 264 g/mol. The highest BCUT2D eigenvalue weighted by molar-refractivity contribution is 6.05. The number of likely N-dealkylation sites (tertiary alicyclic amines) is 1. The number of benzene rings is 1. The van der Waals surface area contributed by atoms with Gasteiger partial charge in [0.05, 0.1) is 5.52 Å². The number of fused-ring (bicyclic) bond motifs is 3. The summed E-state index contributed by atoms with van der Waals surface area (Å²) < 4.78 is 0. The van der Waals surface area contributed by atoms with E-state index in [4.69, 9.17) is 0 Å². The number of carbonyl (C=O) groups excluding carboxylic acids is 1. The molecule has 5 heteroatoms. The van der Waals surface area contributed by atoms with E-state index in [1.165, 1.54) is 13.0 Å². The Morgan fingerprint density at radius 1 is 1.29 bits per heavy atom. The predicted molar refractivity (Wildman–Crippen MR) is 79.0 cm³/mol. The van der Waals surface area contributed by atoms with Gasteiger partial charge in [-0.1, -0.05) is 18.2 Å². The summed E-state index contributed by atoms with van der Waals surface area (Å²) in [5, 5.41) is 8.24. The van der Waals surface area contributed by atoms with Crippen molar-refractivity contribution < 1.29 is 4.79 Å². The van der Waals surface area contributed by atoms with Crippen molar-refractivity contribution in [2.24, 2.45) is 5.92 Å². The van der Waals surface area contributed by atoms with Crippen LogP contribution < -0.4 is 0 Å². The fourth-order valence-electron chi connectivity index (χ4n) is 4.62. The Hall–Kier alpha value is -1.88. The molecule has 4 atom stereocenters. The maximum atomic E-state index is 13.1. The van der Waals surface area contributed by atoms with Gasteiger partial charge in [-0.3, -0.25) is 9.89 Å². The van der Waals surface area contributed by atoms with Gasteiger partial charge in [-0.15, -0.1) is 0 Å². The average molecular weight is 282 g/mol. The number of rotatable bonds is 1. The molecule has 5 nitrogen and oxygen atoms in total. The lowest BCUT2D eigenvalue weighted by Crippen LogP contribution is -2.44. The Balaban J connectivity index is 1.57. The minimum atomic E-state index is 0.119. The first kappa shape index (κ1) is 11.7. The van der Waals surface area contributed by atoms with Crippen LogP contribution >= 0.6 is 0 Å². The quantitative estimate of drug-likeness (QED) is 0.862. The van der Waals surface area contributed by atoms with Gasteiger partial charge in [0.1, 0.15) is 0 Å². The van der Waals surface area contributed by atoms with Crippen LogP contribution in [-0.2, 0) is 0 Å². The van der Waals surface area contributed by atoms with Crippen molar-refractivity contribution in [2.45, 2.75) is 24.9 Å². The summed E-state index contributed by atoms with van der Waals surface area (Å²) in [5.74, 6) is 0.792. The average Bonchev–Trinajstić information content (AvgIpc) is 2.99.